The molecule has 0 unspecified atom stereocenters. The zero-order valence-electron chi connectivity index (χ0n) is 16.2. The van der Waals surface area contributed by atoms with Gasteiger partial charge in [-0.1, -0.05) is 23.3 Å². The summed E-state index contributed by atoms with van der Waals surface area (Å²) in [5, 5.41) is 19.7. The number of aliphatic hydroxyl groups is 1. The van der Waals surface area contributed by atoms with Crippen LogP contribution >= 0.6 is 0 Å². The fourth-order valence-electron chi connectivity index (χ4n) is 3.23. The largest absolute Gasteiger partial charge is 0.485 e. The maximum Gasteiger partial charge on any atom is 0.335 e. The number of ether oxygens (including phenoxy) is 1. The van der Waals surface area contributed by atoms with E-state index in [2.05, 4.69) is 32.9 Å². The van der Waals surface area contributed by atoms with Crippen LogP contribution in [0.1, 0.15) is 69.3 Å². The number of hydrogen-bond acceptors (Lipinski definition) is 3. The molecule has 0 amide bonds. The van der Waals surface area contributed by atoms with Gasteiger partial charge in [-0.05, 0) is 77.1 Å². The summed E-state index contributed by atoms with van der Waals surface area (Å²) in [6.07, 6.45) is 7.89. The van der Waals surface area contributed by atoms with Crippen molar-refractivity contribution in [2.24, 2.45) is 0 Å². The van der Waals surface area contributed by atoms with Gasteiger partial charge in [-0.25, -0.2) is 4.79 Å². The van der Waals surface area contributed by atoms with Gasteiger partial charge in [0.15, 0.2) is 0 Å². The van der Waals surface area contributed by atoms with E-state index in [4.69, 9.17) is 9.84 Å². The smallest absolute Gasteiger partial charge is 0.335 e. The molecule has 1 aliphatic rings. The molecule has 2 N–H and O–H groups in total. The Morgan fingerprint density at radius 2 is 2.00 bits per heavy atom. The van der Waals surface area contributed by atoms with Gasteiger partial charge in [0.1, 0.15) is 11.4 Å². The molecule has 2 rings (SSSR count). The molecule has 0 radical (unpaired) electrons. The molecule has 1 aromatic rings. The van der Waals surface area contributed by atoms with E-state index in [1.807, 2.05) is 6.92 Å². The summed E-state index contributed by atoms with van der Waals surface area (Å²) in [5.74, 6) is -0.295. The molecule has 0 aliphatic carbocycles. The van der Waals surface area contributed by atoms with Crippen LogP contribution in [0.15, 0.2) is 41.5 Å². The predicted octanol–water partition coefficient (Wildman–Crippen LogP) is 4.91. The molecule has 1 aromatic carbocycles. The van der Waals surface area contributed by atoms with E-state index >= 15 is 0 Å². The molecule has 0 saturated heterocycles. The molecule has 4 heteroatoms. The van der Waals surface area contributed by atoms with Crippen molar-refractivity contribution in [3.8, 4) is 5.75 Å². The van der Waals surface area contributed by atoms with Crippen molar-refractivity contribution in [3.05, 3.63) is 52.6 Å². The lowest BCUT2D eigenvalue weighted by Crippen LogP contribution is -2.48. The molecular formula is C22H30O4. The summed E-state index contributed by atoms with van der Waals surface area (Å²) in [5.41, 5.74) is 3.01. The molecule has 26 heavy (non-hydrogen) atoms. The van der Waals surface area contributed by atoms with Crippen molar-refractivity contribution < 1.29 is 19.7 Å². The molecule has 0 saturated carbocycles. The van der Waals surface area contributed by atoms with E-state index in [1.54, 1.807) is 18.2 Å². The Bertz CT molecular complexity index is 713. The van der Waals surface area contributed by atoms with Gasteiger partial charge in [-0.15, -0.1) is 0 Å². The SMILES string of the molecule is CC(C)=CCCC(C)=CCC[C@]1(C)Oc2ccc(C(=O)O)cc2C[C@H]1O. The number of rotatable bonds is 7. The molecule has 0 aromatic heterocycles. The molecule has 0 bridgehead atoms. The highest BCUT2D eigenvalue weighted by Gasteiger charge is 2.39. The fraction of sp³-hybridized carbons (Fsp3) is 0.500. The second kappa shape index (κ2) is 8.54. The average Bonchev–Trinajstić information content (AvgIpc) is 2.55. The van der Waals surface area contributed by atoms with E-state index in [9.17, 15) is 9.90 Å². The van der Waals surface area contributed by atoms with Crippen LogP contribution in [-0.2, 0) is 6.42 Å². The normalized spacial score (nSPS) is 22.3. The summed E-state index contributed by atoms with van der Waals surface area (Å²) in [7, 11) is 0. The number of carboxylic acids is 1. The van der Waals surface area contributed by atoms with Crippen LogP contribution in [0, 0.1) is 0 Å². The van der Waals surface area contributed by atoms with Gasteiger partial charge in [0.05, 0.1) is 11.7 Å². The highest BCUT2D eigenvalue weighted by Crippen LogP contribution is 2.36. The molecule has 142 valence electrons. The van der Waals surface area contributed by atoms with Crippen LogP contribution in [0.2, 0.25) is 0 Å². The predicted molar refractivity (Wildman–Crippen MR) is 104 cm³/mol. The van der Waals surface area contributed by atoms with Crippen LogP contribution in [0.3, 0.4) is 0 Å². The second-order valence-corrected chi connectivity index (χ2v) is 7.67. The van der Waals surface area contributed by atoms with Crippen LogP contribution in [0.4, 0.5) is 0 Å². The van der Waals surface area contributed by atoms with Gasteiger partial charge < -0.3 is 14.9 Å². The first-order chi connectivity index (χ1) is 12.2. The minimum Gasteiger partial charge on any atom is -0.485 e. The third kappa shape index (κ3) is 5.21. The maximum absolute atomic E-state index is 11.1. The Hall–Kier alpha value is -2.07. The lowest BCUT2D eigenvalue weighted by molar-refractivity contribution is -0.0587. The van der Waals surface area contributed by atoms with Crippen LogP contribution in [0.25, 0.3) is 0 Å². The highest BCUT2D eigenvalue weighted by molar-refractivity contribution is 5.88. The lowest BCUT2D eigenvalue weighted by atomic mass is 9.85. The minimum atomic E-state index is -0.968. The Kier molecular flexibility index (Phi) is 6.65. The number of allylic oxidation sites excluding steroid dienone is 4. The van der Waals surface area contributed by atoms with Crippen LogP contribution < -0.4 is 4.74 Å². The highest BCUT2D eigenvalue weighted by atomic mass is 16.5. The van der Waals surface area contributed by atoms with Crippen molar-refractivity contribution in [2.75, 3.05) is 0 Å². The third-order valence-electron chi connectivity index (χ3n) is 4.99. The van der Waals surface area contributed by atoms with Gasteiger partial charge in [0.25, 0.3) is 0 Å². The summed E-state index contributed by atoms with van der Waals surface area (Å²) in [4.78, 5) is 11.1. The van der Waals surface area contributed by atoms with Gasteiger partial charge in [-0.2, -0.15) is 0 Å². The zero-order chi connectivity index (χ0) is 19.3. The van der Waals surface area contributed by atoms with Crippen LogP contribution in [-0.4, -0.2) is 27.9 Å². The van der Waals surface area contributed by atoms with E-state index < -0.39 is 17.7 Å². The lowest BCUT2D eigenvalue weighted by Gasteiger charge is -2.40. The monoisotopic (exact) mass is 358 g/mol. The molecule has 1 aliphatic heterocycles. The summed E-state index contributed by atoms with van der Waals surface area (Å²) < 4.78 is 6.08. The Balaban J connectivity index is 1.99. The zero-order valence-corrected chi connectivity index (χ0v) is 16.2. The quantitative estimate of drug-likeness (QED) is 0.680. The fourth-order valence-corrected chi connectivity index (χ4v) is 3.23. The Morgan fingerprint density at radius 1 is 1.27 bits per heavy atom. The van der Waals surface area contributed by atoms with Crippen molar-refractivity contribution in [1.29, 1.82) is 0 Å². The minimum absolute atomic E-state index is 0.220. The molecule has 1 heterocycles. The molecular weight excluding hydrogens is 328 g/mol. The average molecular weight is 358 g/mol. The number of aliphatic hydroxyl groups excluding tert-OH is 1. The number of benzene rings is 1. The van der Waals surface area contributed by atoms with E-state index in [-0.39, 0.29) is 5.56 Å². The van der Waals surface area contributed by atoms with Crippen molar-refractivity contribution in [1.82, 2.24) is 0 Å². The number of fused-ring (bicyclic) bond motifs is 1. The third-order valence-corrected chi connectivity index (χ3v) is 4.99. The molecule has 0 spiro atoms. The summed E-state index contributed by atoms with van der Waals surface area (Å²) in [6.45, 7) is 8.29. The molecule has 4 nitrogen and oxygen atoms in total. The number of carbonyl (C=O) groups is 1. The van der Waals surface area contributed by atoms with Crippen molar-refractivity contribution in [3.63, 3.8) is 0 Å². The van der Waals surface area contributed by atoms with Crippen molar-refractivity contribution in [2.45, 2.75) is 71.5 Å². The first kappa shape index (κ1) is 20.2. The van der Waals surface area contributed by atoms with Crippen LogP contribution in [0.5, 0.6) is 5.75 Å². The first-order valence-corrected chi connectivity index (χ1v) is 9.23. The van der Waals surface area contributed by atoms with E-state index in [1.165, 1.54) is 11.1 Å². The van der Waals surface area contributed by atoms with E-state index in [0.29, 0.717) is 18.6 Å². The Morgan fingerprint density at radius 3 is 2.65 bits per heavy atom. The summed E-state index contributed by atoms with van der Waals surface area (Å²) >= 11 is 0. The Labute approximate surface area is 156 Å². The topological polar surface area (TPSA) is 66.8 Å². The van der Waals surface area contributed by atoms with Gasteiger partial charge >= 0.3 is 5.97 Å². The van der Waals surface area contributed by atoms with Gasteiger partial charge in [0.2, 0.25) is 0 Å². The van der Waals surface area contributed by atoms with Crippen molar-refractivity contribution >= 4 is 5.97 Å². The number of carboxylic acid groups (broad SMARTS) is 1. The number of hydrogen-bond donors (Lipinski definition) is 2. The first-order valence-electron chi connectivity index (χ1n) is 9.23. The standard InChI is InChI=1S/C22H30O4/c1-15(2)7-5-8-16(3)9-6-12-22(4)20(23)14-18-13-17(21(24)25)10-11-19(18)26-22/h7,9-11,13,20,23H,5-6,8,12,14H2,1-4H3,(H,24,25)/t20-,22+/m1/s1. The molecule has 0 fully saturated rings. The van der Waals surface area contributed by atoms with E-state index in [0.717, 1.165) is 24.8 Å². The summed E-state index contributed by atoms with van der Waals surface area (Å²) in [6, 6.07) is 4.84. The second-order valence-electron chi connectivity index (χ2n) is 7.67. The van der Waals surface area contributed by atoms with Gasteiger partial charge in [0, 0.05) is 6.42 Å². The molecule has 2 atom stereocenters. The van der Waals surface area contributed by atoms with Gasteiger partial charge in [-0.3, -0.25) is 0 Å². The maximum atomic E-state index is 11.1. The number of aromatic carboxylic acids is 1.